The molecule has 0 aliphatic heterocycles. The van der Waals surface area contributed by atoms with E-state index in [1.807, 2.05) is 0 Å². The molecule has 53 heavy (non-hydrogen) atoms. The molecule has 308 valence electrons. The van der Waals surface area contributed by atoms with Crippen LogP contribution in [0.5, 0.6) is 0 Å². The SMILES string of the molecule is CC/C=C\C/C=C\C/C=C\CCCCCCCC(=O)OC(CO)COP(=O)(O)OCC(CO)OC(=O)CCCCCCC/C=C\CCCCCCCC. The summed E-state index contributed by atoms with van der Waals surface area (Å²) in [4.78, 5) is 34.4. The molecule has 0 heterocycles. The lowest BCUT2D eigenvalue weighted by atomic mass is 10.1. The fraction of sp³-hybridized carbons (Fsp3) is 0.762. The predicted octanol–water partition coefficient (Wildman–Crippen LogP) is 10.6. The lowest BCUT2D eigenvalue weighted by molar-refractivity contribution is -0.153. The van der Waals surface area contributed by atoms with Crippen molar-refractivity contribution in [3.05, 3.63) is 48.6 Å². The van der Waals surface area contributed by atoms with Crippen LogP contribution in [0.3, 0.4) is 0 Å². The van der Waals surface area contributed by atoms with Crippen LogP contribution in [0, 0.1) is 0 Å². The topological polar surface area (TPSA) is 149 Å². The van der Waals surface area contributed by atoms with E-state index in [0.29, 0.717) is 12.8 Å². The highest BCUT2D eigenvalue weighted by Gasteiger charge is 2.27. The third kappa shape index (κ3) is 36.7. The predicted molar refractivity (Wildman–Crippen MR) is 214 cm³/mol. The molecular weight excluding hydrogens is 695 g/mol. The van der Waals surface area contributed by atoms with Crippen LogP contribution >= 0.6 is 7.82 Å². The number of hydrogen-bond acceptors (Lipinski definition) is 9. The van der Waals surface area contributed by atoms with Crippen molar-refractivity contribution >= 4 is 19.8 Å². The normalized spacial score (nSPS) is 14.4. The first-order valence-electron chi connectivity index (χ1n) is 20.6. The van der Waals surface area contributed by atoms with Gasteiger partial charge >= 0.3 is 19.8 Å². The number of carbonyl (C=O) groups is 2. The number of hydrogen-bond donors (Lipinski definition) is 3. The van der Waals surface area contributed by atoms with Gasteiger partial charge in [0.15, 0.2) is 0 Å². The Hall–Kier alpha value is -2.07. The lowest BCUT2D eigenvalue weighted by Crippen LogP contribution is -2.28. The van der Waals surface area contributed by atoms with Crippen molar-refractivity contribution in [2.75, 3.05) is 26.4 Å². The molecule has 0 aliphatic rings. The molecule has 11 heteroatoms. The summed E-state index contributed by atoms with van der Waals surface area (Å²) < 4.78 is 32.5. The number of phosphoric ester groups is 1. The number of aliphatic hydroxyl groups is 2. The van der Waals surface area contributed by atoms with Gasteiger partial charge in [-0.15, -0.1) is 0 Å². The van der Waals surface area contributed by atoms with Crippen LogP contribution in [0.25, 0.3) is 0 Å². The van der Waals surface area contributed by atoms with E-state index in [-0.39, 0.29) is 12.8 Å². The first kappa shape index (κ1) is 50.9. The number of allylic oxidation sites excluding steroid dienone is 8. The summed E-state index contributed by atoms with van der Waals surface area (Å²) in [5.74, 6) is -1.05. The zero-order chi connectivity index (χ0) is 39.1. The van der Waals surface area contributed by atoms with Crippen molar-refractivity contribution in [2.45, 2.75) is 180 Å². The summed E-state index contributed by atoms with van der Waals surface area (Å²) in [6, 6.07) is 0. The van der Waals surface area contributed by atoms with Gasteiger partial charge in [0, 0.05) is 12.8 Å². The second-order valence-corrected chi connectivity index (χ2v) is 15.0. The highest BCUT2D eigenvalue weighted by molar-refractivity contribution is 7.47. The molecule has 0 spiro atoms. The Morgan fingerprint density at radius 2 is 0.887 bits per heavy atom. The molecule has 0 fully saturated rings. The maximum atomic E-state index is 12.3. The Labute approximate surface area is 322 Å². The number of rotatable bonds is 38. The number of carbonyl (C=O) groups excluding carboxylic acids is 2. The third-order valence-corrected chi connectivity index (χ3v) is 9.48. The van der Waals surface area contributed by atoms with Crippen LogP contribution in [-0.4, -0.2) is 65.7 Å². The largest absolute Gasteiger partial charge is 0.472 e. The van der Waals surface area contributed by atoms with Crippen LogP contribution in [0.15, 0.2) is 48.6 Å². The molecule has 0 aliphatic carbocycles. The Bertz CT molecular complexity index is 1030. The van der Waals surface area contributed by atoms with Crippen LogP contribution < -0.4 is 0 Å². The highest BCUT2D eigenvalue weighted by atomic mass is 31.2. The van der Waals surface area contributed by atoms with E-state index in [1.165, 1.54) is 38.5 Å². The van der Waals surface area contributed by atoms with Crippen LogP contribution in [0.2, 0.25) is 0 Å². The van der Waals surface area contributed by atoms with Crippen molar-refractivity contribution in [1.82, 2.24) is 0 Å². The van der Waals surface area contributed by atoms with Gasteiger partial charge in [0.2, 0.25) is 0 Å². The van der Waals surface area contributed by atoms with Crippen LogP contribution in [0.1, 0.15) is 168 Å². The van der Waals surface area contributed by atoms with Gasteiger partial charge in [-0.3, -0.25) is 18.6 Å². The quantitative estimate of drug-likeness (QED) is 0.0240. The van der Waals surface area contributed by atoms with E-state index in [4.69, 9.17) is 18.5 Å². The highest BCUT2D eigenvalue weighted by Crippen LogP contribution is 2.43. The summed E-state index contributed by atoms with van der Waals surface area (Å²) in [5.41, 5.74) is 0. The molecule has 0 radical (unpaired) electrons. The zero-order valence-electron chi connectivity index (χ0n) is 33.2. The van der Waals surface area contributed by atoms with Crippen molar-refractivity contribution in [2.24, 2.45) is 0 Å². The fourth-order valence-corrected chi connectivity index (χ4v) is 6.14. The third-order valence-electron chi connectivity index (χ3n) is 8.53. The zero-order valence-corrected chi connectivity index (χ0v) is 34.1. The van der Waals surface area contributed by atoms with Gasteiger partial charge < -0.3 is 24.6 Å². The van der Waals surface area contributed by atoms with E-state index in [9.17, 15) is 29.3 Å². The maximum absolute atomic E-state index is 12.3. The molecule has 0 rings (SSSR count). The molecule has 3 unspecified atom stereocenters. The number of aliphatic hydroxyl groups excluding tert-OH is 2. The van der Waals surface area contributed by atoms with Gasteiger partial charge in [0.1, 0.15) is 12.2 Å². The van der Waals surface area contributed by atoms with E-state index in [2.05, 4.69) is 62.5 Å². The van der Waals surface area contributed by atoms with E-state index in [1.54, 1.807) is 0 Å². The van der Waals surface area contributed by atoms with E-state index in [0.717, 1.165) is 89.9 Å². The minimum Gasteiger partial charge on any atom is -0.457 e. The molecule has 0 aromatic rings. The van der Waals surface area contributed by atoms with Gasteiger partial charge in [0.05, 0.1) is 26.4 Å². The summed E-state index contributed by atoms with van der Waals surface area (Å²) in [6.07, 6.45) is 39.4. The van der Waals surface area contributed by atoms with Crippen molar-refractivity contribution in [3.63, 3.8) is 0 Å². The standard InChI is InChI=1S/C42H75O10P/c1-3-5-7-9-11-13-15-17-19-21-23-25-27-29-31-33-41(45)51-39(35-43)37-49-53(47,48)50-38-40(36-44)52-42(46)34-32-30-28-26-24-22-20-18-16-14-12-10-8-6-4-2/h5,7,11,13,17-20,39-40,43-44H,3-4,6,8-10,12,14-16,21-38H2,1-2H3,(H,47,48)/b7-5-,13-11-,19-17-,20-18-. The molecule has 0 saturated heterocycles. The molecule has 10 nitrogen and oxygen atoms in total. The molecule has 3 atom stereocenters. The van der Waals surface area contributed by atoms with Gasteiger partial charge in [-0.2, -0.15) is 0 Å². The number of unbranched alkanes of at least 4 members (excludes halogenated alkanes) is 16. The van der Waals surface area contributed by atoms with Crippen LogP contribution in [0.4, 0.5) is 0 Å². The number of esters is 2. The Morgan fingerprint density at radius 1 is 0.528 bits per heavy atom. The molecule has 0 aromatic carbocycles. The first-order chi connectivity index (χ1) is 25.8. The molecule has 0 saturated carbocycles. The fourth-order valence-electron chi connectivity index (χ4n) is 5.36. The number of ether oxygens (including phenoxy) is 2. The van der Waals surface area contributed by atoms with Gasteiger partial charge in [-0.25, -0.2) is 4.57 Å². The Morgan fingerprint density at radius 3 is 1.30 bits per heavy atom. The Kier molecular flexibility index (Phi) is 36.7. The molecule has 0 aromatic heterocycles. The minimum atomic E-state index is -4.64. The van der Waals surface area contributed by atoms with Crippen molar-refractivity contribution in [3.8, 4) is 0 Å². The van der Waals surface area contributed by atoms with Crippen molar-refractivity contribution < 1.29 is 47.8 Å². The Balaban J connectivity index is 3.99. The average molecular weight is 771 g/mol. The lowest BCUT2D eigenvalue weighted by Gasteiger charge is -2.20. The second-order valence-electron chi connectivity index (χ2n) is 13.6. The summed E-state index contributed by atoms with van der Waals surface area (Å²) in [7, 11) is -4.64. The minimum absolute atomic E-state index is 0.171. The summed E-state index contributed by atoms with van der Waals surface area (Å²) in [5, 5.41) is 19.1. The summed E-state index contributed by atoms with van der Waals surface area (Å²) in [6.45, 7) is 2.05. The van der Waals surface area contributed by atoms with Gasteiger partial charge in [0.25, 0.3) is 0 Å². The van der Waals surface area contributed by atoms with Crippen molar-refractivity contribution in [1.29, 1.82) is 0 Å². The van der Waals surface area contributed by atoms with Gasteiger partial charge in [-0.05, 0) is 70.6 Å². The number of phosphoric acid groups is 1. The summed E-state index contributed by atoms with van der Waals surface area (Å²) >= 11 is 0. The molecule has 3 N–H and O–H groups in total. The average Bonchev–Trinajstić information content (AvgIpc) is 3.14. The van der Waals surface area contributed by atoms with Gasteiger partial charge in [-0.1, -0.05) is 133 Å². The smallest absolute Gasteiger partial charge is 0.457 e. The monoisotopic (exact) mass is 771 g/mol. The van der Waals surface area contributed by atoms with Crippen LogP contribution in [-0.2, 0) is 32.7 Å². The maximum Gasteiger partial charge on any atom is 0.472 e. The molecule has 0 amide bonds. The second kappa shape index (κ2) is 38.2. The van der Waals surface area contributed by atoms with E-state index >= 15 is 0 Å². The first-order valence-corrected chi connectivity index (χ1v) is 22.1. The van der Waals surface area contributed by atoms with E-state index < -0.39 is 58.4 Å². The molecule has 0 bridgehead atoms. The molecular formula is C42H75O10P.